The van der Waals surface area contributed by atoms with Gasteiger partial charge in [0.15, 0.2) is 0 Å². The van der Waals surface area contributed by atoms with Gasteiger partial charge in [0.2, 0.25) is 0 Å². The Morgan fingerprint density at radius 2 is 1.53 bits per heavy atom. The molecule has 59 heavy (non-hydrogen) atoms. The van der Waals surface area contributed by atoms with Crippen LogP contribution in [0.4, 0.5) is 5.69 Å². The van der Waals surface area contributed by atoms with Crippen LogP contribution in [0.1, 0.15) is 108 Å². The highest BCUT2D eigenvalue weighted by Gasteiger charge is 2.39. The topological polar surface area (TPSA) is 3.24 Å². The molecule has 7 aliphatic rings. The lowest BCUT2D eigenvalue weighted by Gasteiger charge is -2.39. The molecular weight excluding hydrogens is 711 g/mol. The van der Waals surface area contributed by atoms with Crippen molar-refractivity contribution in [1.82, 2.24) is 0 Å². The smallest absolute Gasteiger partial charge is 0.0414 e. The van der Waals surface area contributed by atoms with Crippen LogP contribution in [-0.2, 0) is 5.41 Å². The summed E-state index contributed by atoms with van der Waals surface area (Å²) in [7, 11) is 0. The molecule has 4 aromatic carbocycles. The van der Waals surface area contributed by atoms with Crippen molar-refractivity contribution in [3.8, 4) is 11.1 Å². The van der Waals surface area contributed by atoms with Crippen LogP contribution in [0.2, 0.25) is 0 Å². The first-order valence-electron chi connectivity index (χ1n) is 23.0. The largest absolute Gasteiger partial charge is 0.342 e. The Morgan fingerprint density at radius 1 is 0.661 bits per heavy atom. The second kappa shape index (κ2) is 15.2. The van der Waals surface area contributed by atoms with E-state index in [2.05, 4.69) is 164 Å². The van der Waals surface area contributed by atoms with Gasteiger partial charge >= 0.3 is 0 Å². The minimum absolute atomic E-state index is 0.0223. The molecule has 0 aliphatic heterocycles. The van der Waals surface area contributed by atoms with E-state index in [4.69, 9.17) is 0 Å². The first-order valence-corrected chi connectivity index (χ1v) is 23.0. The van der Waals surface area contributed by atoms with Crippen molar-refractivity contribution in [1.29, 1.82) is 0 Å². The van der Waals surface area contributed by atoms with Crippen LogP contribution in [0, 0.1) is 23.7 Å². The second-order valence-electron chi connectivity index (χ2n) is 19.1. The zero-order valence-electron chi connectivity index (χ0n) is 35.2. The first-order chi connectivity index (χ1) is 29.0. The van der Waals surface area contributed by atoms with Gasteiger partial charge in [-0.25, -0.2) is 0 Å². The van der Waals surface area contributed by atoms with Crippen molar-refractivity contribution in [3.05, 3.63) is 190 Å². The lowest BCUT2D eigenvalue weighted by Crippen LogP contribution is -2.36. The number of rotatable bonds is 6. The van der Waals surface area contributed by atoms with Gasteiger partial charge in [-0.05, 0) is 162 Å². The predicted octanol–water partition coefficient (Wildman–Crippen LogP) is 15.3. The van der Waals surface area contributed by atoms with E-state index >= 15 is 0 Å². The van der Waals surface area contributed by atoms with Gasteiger partial charge in [-0.3, -0.25) is 0 Å². The number of nitrogens with zero attached hydrogens (tertiary/aromatic N) is 1. The Hall–Kier alpha value is -5.14. The van der Waals surface area contributed by atoms with Crippen LogP contribution >= 0.6 is 0 Å². The van der Waals surface area contributed by atoms with Crippen LogP contribution < -0.4 is 4.90 Å². The van der Waals surface area contributed by atoms with Crippen molar-refractivity contribution < 1.29 is 0 Å². The van der Waals surface area contributed by atoms with Crippen molar-refractivity contribution >= 4 is 22.0 Å². The zero-order chi connectivity index (χ0) is 39.5. The van der Waals surface area contributed by atoms with Gasteiger partial charge in [0.05, 0.1) is 0 Å². The van der Waals surface area contributed by atoms with Gasteiger partial charge in [-0.15, -0.1) is 0 Å². The molecule has 0 amide bonds. The molecule has 5 unspecified atom stereocenters. The summed E-state index contributed by atoms with van der Waals surface area (Å²) in [6.45, 7) is 4.84. The van der Waals surface area contributed by atoms with Crippen LogP contribution in [0.25, 0.3) is 27.5 Å². The van der Waals surface area contributed by atoms with Gasteiger partial charge in [0, 0.05) is 34.7 Å². The molecule has 0 saturated carbocycles. The maximum atomic E-state index is 2.77. The Bertz CT molecular complexity index is 2570. The monoisotopic (exact) mass is 769 g/mol. The molecule has 0 bridgehead atoms. The van der Waals surface area contributed by atoms with Crippen molar-refractivity contribution in [2.24, 2.45) is 23.7 Å². The Morgan fingerprint density at radius 3 is 2.42 bits per heavy atom. The van der Waals surface area contributed by atoms with Crippen molar-refractivity contribution in [2.75, 3.05) is 4.90 Å². The molecule has 0 N–H and O–H groups in total. The number of allylic oxidation sites excluding steroid dienone is 15. The lowest BCUT2D eigenvalue weighted by atomic mass is 9.68. The van der Waals surface area contributed by atoms with Crippen LogP contribution in [0.3, 0.4) is 0 Å². The van der Waals surface area contributed by atoms with Crippen LogP contribution in [0.15, 0.2) is 174 Å². The summed E-state index contributed by atoms with van der Waals surface area (Å²) in [5.41, 5.74) is 18.1. The third kappa shape index (κ3) is 6.52. The molecule has 5 atom stereocenters. The van der Waals surface area contributed by atoms with Gasteiger partial charge in [0.25, 0.3) is 0 Å². The lowest BCUT2D eigenvalue weighted by molar-refractivity contribution is 0.292. The summed E-state index contributed by atoms with van der Waals surface area (Å²) >= 11 is 0. The number of fused-ring (bicyclic) bond motifs is 6. The fraction of sp³-hybridized carbons (Fsp3) is 0.345. The molecule has 4 aromatic rings. The Kier molecular flexibility index (Phi) is 9.48. The molecule has 0 fully saturated rings. The Labute approximate surface area is 353 Å². The van der Waals surface area contributed by atoms with E-state index < -0.39 is 0 Å². The average Bonchev–Trinajstić information content (AvgIpc) is 3.40. The van der Waals surface area contributed by atoms with Gasteiger partial charge < -0.3 is 4.90 Å². The van der Waals surface area contributed by atoms with Gasteiger partial charge in [-0.2, -0.15) is 0 Å². The van der Waals surface area contributed by atoms with E-state index in [-0.39, 0.29) is 5.41 Å². The maximum Gasteiger partial charge on any atom is 0.0414 e. The van der Waals surface area contributed by atoms with Gasteiger partial charge in [-0.1, -0.05) is 152 Å². The standard InChI is InChI=1S/C58H59N/c1-58(2)56-24-10-9-22-54(56)55-36-34-47(38-57(55)58)59(46-32-27-42(28-33-46)49-23-12-15-40-13-3-5-18-48(40)49)45-30-25-39(26-31-45)43-16-11-17-44(37-43)51-35-29-41-14-4-6-19-50(41)52-20-7-8-21-53(51)52/h3,5-7,9-13,15,17-20,22-25,27,30,34,36-38,43,46,51-53H,4,8,14,16,21,26,28-29,31-33,35H2,1-2H3. The molecule has 0 saturated heterocycles. The Balaban J connectivity index is 0.912. The quantitative estimate of drug-likeness (QED) is 0.177. The van der Waals surface area contributed by atoms with E-state index in [1.165, 1.54) is 94.1 Å². The molecule has 0 radical (unpaired) electrons. The predicted molar refractivity (Wildman–Crippen MR) is 250 cm³/mol. The highest BCUT2D eigenvalue weighted by Crippen LogP contribution is 2.52. The van der Waals surface area contributed by atoms with Crippen LogP contribution in [-0.4, -0.2) is 6.04 Å². The van der Waals surface area contributed by atoms with E-state index in [0.717, 1.165) is 44.4 Å². The number of anilines is 1. The molecule has 0 spiro atoms. The maximum absolute atomic E-state index is 2.77. The van der Waals surface area contributed by atoms with Gasteiger partial charge in [0.1, 0.15) is 0 Å². The minimum Gasteiger partial charge on any atom is -0.342 e. The molecule has 7 aliphatic carbocycles. The average molecular weight is 770 g/mol. The molecule has 1 heteroatoms. The summed E-state index contributed by atoms with van der Waals surface area (Å²) in [6, 6.07) is 32.6. The number of hydrogen-bond donors (Lipinski definition) is 0. The van der Waals surface area contributed by atoms with E-state index in [1.807, 2.05) is 0 Å². The molecular formula is C58H59N. The van der Waals surface area contributed by atoms with E-state index in [0.29, 0.717) is 23.8 Å². The third-order valence-electron chi connectivity index (χ3n) is 15.6. The molecule has 1 nitrogen and oxygen atoms in total. The minimum atomic E-state index is -0.0223. The highest BCUT2D eigenvalue weighted by atomic mass is 15.2. The van der Waals surface area contributed by atoms with E-state index in [9.17, 15) is 0 Å². The third-order valence-corrected chi connectivity index (χ3v) is 15.6. The summed E-state index contributed by atoms with van der Waals surface area (Å²) < 4.78 is 0. The zero-order valence-corrected chi connectivity index (χ0v) is 35.2. The molecule has 296 valence electrons. The van der Waals surface area contributed by atoms with Crippen molar-refractivity contribution in [3.63, 3.8) is 0 Å². The summed E-state index contributed by atoms with van der Waals surface area (Å²) in [5.74, 6) is 2.48. The molecule has 0 aromatic heterocycles. The molecule has 11 rings (SSSR count). The summed E-state index contributed by atoms with van der Waals surface area (Å²) in [6.07, 6.45) is 39.7. The highest BCUT2D eigenvalue weighted by molar-refractivity contribution is 5.94. The number of hydrogen-bond acceptors (Lipinski definition) is 1. The van der Waals surface area contributed by atoms with E-state index in [1.54, 1.807) is 22.3 Å². The fourth-order valence-corrected chi connectivity index (χ4v) is 12.6. The van der Waals surface area contributed by atoms with Crippen molar-refractivity contribution in [2.45, 2.75) is 102 Å². The second-order valence-corrected chi connectivity index (χ2v) is 19.1. The summed E-state index contributed by atoms with van der Waals surface area (Å²) in [5, 5.41) is 2.71. The fourth-order valence-electron chi connectivity index (χ4n) is 12.6. The normalized spacial score (nSPS) is 26.8. The first kappa shape index (κ1) is 36.9. The van der Waals surface area contributed by atoms with Crippen LogP contribution in [0.5, 0.6) is 0 Å². The number of benzene rings is 4. The SMILES string of the molecule is CC1(C)c2ccccc2-c2ccc(N(C3=CC=C(C4C=C(C5CCC6=C(C=CCC6)C6C=CCCC65)C=CC4)CC3)C3CC=C(c4cccc5ccccc45)CC3)cc21. The molecule has 0 heterocycles. The summed E-state index contributed by atoms with van der Waals surface area (Å²) in [4.78, 5) is 2.77.